The first-order valence-corrected chi connectivity index (χ1v) is 12.4. The van der Waals surface area contributed by atoms with Crippen LogP contribution in [0, 0.1) is 0 Å². The van der Waals surface area contributed by atoms with Gasteiger partial charge < -0.3 is 16.0 Å². The number of rotatable bonds is 5. The van der Waals surface area contributed by atoms with Crippen LogP contribution in [0.5, 0.6) is 0 Å². The predicted molar refractivity (Wildman–Crippen MR) is 135 cm³/mol. The summed E-state index contributed by atoms with van der Waals surface area (Å²) in [5.41, 5.74) is 9.70. The Morgan fingerprint density at radius 1 is 1.11 bits per heavy atom. The summed E-state index contributed by atoms with van der Waals surface area (Å²) < 4.78 is 1.47. The molecule has 2 aliphatic heterocycles. The van der Waals surface area contributed by atoms with E-state index in [-0.39, 0.29) is 47.2 Å². The minimum absolute atomic E-state index is 0.00115. The van der Waals surface area contributed by atoms with Gasteiger partial charge in [0.25, 0.3) is 11.8 Å². The van der Waals surface area contributed by atoms with Crippen molar-refractivity contribution in [2.45, 2.75) is 50.6 Å². The summed E-state index contributed by atoms with van der Waals surface area (Å²) in [5.74, 6) is -0.231. The van der Waals surface area contributed by atoms with Gasteiger partial charge >= 0.3 is 0 Å². The molecule has 2 amide bonds. The second kappa shape index (κ2) is 9.01. The van der Waals surface area contributed by atoms with Crippen molar-refractivity contribution in [1.29, 1.82) is 0 Å². The maximum Gasteiger partial charge on any atom is 0.291 e. The molecule has 4 aromatic rings. The lowest BCUT2D eigenvalue weighted by molar-refractivity contribution is 0.0556. The van der Waals surface area contributed by atoms with Crippen molar-refractivity contribution >= 4 is 29.1 Å². The first kappa shape index (κ1) is 23.7. The van der Waals surface area contributed by atoms with Crippen LogP contribution in [0.25, 0.3) is 16.8 Å². The third-order valence-corrected chi connectivity index (χ3v) is 7.57. The number of amides is 2. The summed E-state index contributed by atoms with van der Waals surface area (Å²) >= 11 is 0. The average Bonchev–Trinajstić information content (AvgIpc) is 3.66. The molecular formula is C25H26N10O3. The molecule has 6 rings (SSSR count). The summed E-state index contributed by atoms with van der Waals surface area (Å²) in [6.07, 6.45) is 7.60. The second-order valence-corrected chi connectivity index (χ2v) is 9.72. The Labute approximate surface area is 216 Å². The molecule has 4 N–H and O–H groups in total. The fourth-order valence-electron chi connectivity index (χ4n) is 5.87. The number of Topliss-reactive ketones (excluding diaryl/α,β-unsaturated/α-hetero) is 1. The molecule has 0 spiro atoms. The van der Waals surface area contributed by atoms with Crippen molar-refractivity contribution < 1.29 is 14.4 Å². The van der Waals surface area contributed by atoms with Gasteiger partial charge in [0, 0.05) is 42.4 Å². The fourth-order valence-corrected chi connectivity index (χ4v) is 5.87. The molecular weight excluding hydrogens is 488 g/mol. The molecule has 6 heterocycles. The number of aromatic nitrogens is 7. The largest absolute Gasteiger partial charge is 0.383 e. The van der Waals surface area contributed by atoms with Crippen molar-refractivity contribution in [1.82, 2.24) is 45.0 Å². The van der Waals surface area contributed by atoms with Crippen molar-refractivity contribution in [3.8, 4) is 11.1 Å². The molecule has 13 nitrogen and oxygen atoms in total. The van der Waals surface area contributed by atoms with E-state index in [4.69, 9.17) is 10.7 Å². The number of anilines is 1. The number of fused-ring (bicyclic) bond motifs is 3. The van der Waals surface area contributed by atoms with Crippen LogP contribution >= 0.6 is 0 Å². The monoisotopic (exact) mass is 514 g/mol. The van der Waals surface area contributed by atoms with Crippen LogP contribution in [0.3, 0.4) is 0 Å². The maximum absolute atomic E-state index is 13.1. The van der Waals surface area contributed by atoms with Crippen molar-refractivity contribution in [3.05, 3.63) is 53.6 Å². The number of hydrogen-bond acceptors (Lipinski definition) is 9. The van der Waals surface area contributed by atoms with E-state index in [1.807, 2.05) is 4.90 Å². The van der Waals surface area contributed by atoms with Gasteiger partial charge in [-0.15, -0.1) is 0 Å². The van der Waals surface area contributed by atoms with Crippen LogP contribution in [0.15, 0.2) is 30.9 Å². The maximum atomic E-state index is 13.1. The molecule has 0 aliphatic carbocycles. The van der Waals surface area contributed by atoms with Gasteiger partial charge in [-0.05, 0) is 38.7 Å². The lowest BCUT2D eigenvalue weighted by Gasteiger charge is -2.38. The quantitative estimate of drug-likeness (QED) is 0.334. The number of H-pyrrole nitrogens is 1. The van der Waals surface area contributed by atoms with Crippen molar-refractivity contribution in [2.75, 3.05) is 12.8 Å². The third kappa shape index (κ3) is 3.69. The van der Waals surface area contributed by atoms with Gasteiger partial charge in [0.2, 0.25) is 5.82 Å². The number of piperidine rings is 1. The zero-order chi connectivity index (χ0) is 26.6. The zero-order valence-corrected chi connectivity index (χ0v) is 20.9. The number of carbonyl (C=O) groups is 3. The Bertz CT molecular complexity index is 1550. The summed E-state index contributed by atoms with van der Waals surface area (Å²) in [5, 5.41) is 13.4. The second-order valence-electron chi connectivity index (χ2n) is 9.72. The number of pyridine rings is 1. The summed E-state index contributed by atoms with van der Waals surface area (Å²) in [7, 11) is 1.55. The normalized spacial score (nSPS) is 20.6. The smallest absolute Gasteiger partial charge is 0.291 e. The Balaban J connectivity index is 1.39. The fraction of sp³-hybridized carbons (Fsp3) is 0.360. The van der Waals surface area contributed by atoms with E-state index in [1.54, 1.807) is 31.6 Å². The molecule has 194 valence electrons. The molecule has 2 aliphatic rings. The van der Waals surface area contributed by atoms with Crippen LogP contribution in [-0.2, 0) is 0 Å². The minimum Gasteiger partial charge on any atom is -0.383 e. The first-order valence-electron chi connectivity index (χ1n) is 12.4. The molecule has 2 bridgehead atoms. The van der Waals surface area contributed by atoms with E-state index < -0.39 is 0 Å². The van der Waals surface area contributed by atoms with E-state index in [0.717, 1.165) is 12.8 Å². The van der Waals surface area contributed by atoms with Gasteiger partial charge in [0.05, 0.1) is 17.5 Å². The number of nitrogens with zero attached hydrogens (tertiary/aromatic N) is 7. The number of nitrogen functional groups attached to an aromatic ring is 1. The lowest BCUT2D eigenvalue weighted by atomic mass is 9.85. The van der Waals surface area contributed by atoms with E-state index in [1.165, 1.54) is 17.8 Å². The number of ketones is 1. The highest BCUT2D eigenvalue weighted by Gasteiger charge is 2.45. The van der Waals surface area contributed by atoms with E-state index in [0.29, 0.717) is 46.6 Å². The van der Waals surface area contributed by atoms with Crippen LogP contribution in [-0.4, -0.2) is 76.4 Å². The number of hydrogen-bond donors (Lipinski definition) is 3. The number of aromatic amines is 1. The lowest BCUT2D eigenvalue weighted by Crippen LogP contribution is -2.46. The molecule has 0 aromatic carbocycles. The van der Waals surface area contributed by atoms with Gasteiger partial charge in [-0.2, -0.15) is 14.7 Å². The summed E-state index contributed by atoms with van der Waals surface area (Å²) in [6.45, 7) is 1.48. The summed E-state index contributed by atoms with van der Waals surface area (Å²) in [4.78, 5) is 52.9. The SMILES string of the molecule is CNC(=O)c1ccc(-c2cnn3c(N)c(C(C)=O)c(C4CC5CC[C@@H](C4)N5C(=O)c4ncn[nH]4)nc23)cn1. The van der Waals surface area contributed by atoms with Gasteiger partial charge in [0.1, 0.15) is 17.8 Å². The molecule has 38 heavy (non-hydrogen) atoms. The molecule has 0 saturated carbocycles. The van der Waals surface area contributed by atoms with Crippen LogP contribution in [0.1, 0.15) is 75.7 Å². The molecule has 0 radical (unpaired) electrons. The number of carbonyl (C=O) groups excluding carboxylic acids is 3. The average molecular weight is 515 g/mol. The van der Waals surface area contributed by atoms with Gasteiger partial charge in [-0.3, -0.25) is 24.5 Å². The molecule has 13 heteroatoms. The first-order chi connectivity index (χ1) is 18.4. The van der Waals surface area contributed by atoms with Crippen LogP contribution in [0.4, 0.5) is 5.82 Å². The third-order valence-electron chi connectivity index (χ3n) is 7.57. The van der Waals surface area contributed by atoms with Gasteiger partial charge in [0.15, 0.2) is 11.4 Å². The molecule has 3 atom stereocenters. The van der Waals surface area contributed by atoms with E-state index in [2.05, 4.69) is 30.6 Å². The minimum atomic E-state index is -0.282. The van der Waals surface area contributed by atoms with Crippen LogP contribution in [0.2, 0.25) is 0 Å². The Morgan fingerprint density at radius 3 is 2.47 bits per heavy atom. The highest BCUT2D eigenvalue weighted by molar-refractivity contribution is 6.00. The highest BCUT2D eigenvalue weighted by atomic mass is 16.2. The van der Waals surface area contributed by atoms with Gasteiger partial charge in [-0.1, -0.05) is 6.07 Å². The van der Waals surface area contributed by atoms with E-state index >= 15 is 0 Å². The standard InChI is InChI=1S/C25H26N10O3/c1-12(36)19-20(14-7-15-4-5-16(8-14)34(15)25(38)22-29-11-30-33-22)32-23-17(10-31-35(23)21(19)26)13-3-6-18(28-9-13)24(37)27-2/h3,6,9-11,14-16H,4-5,7-8,26H2,1-2H3,(H,27,37)(H,29,30,33)/t14?,15-,16?/m0/s1. The van der Waals surface area contributed by atoms with Crippen molar-refractivity contribution in [2.24, 2.45) is 0 Å². The zero-order valence-electron chi connectivity index (χ0n) is 20.9. The number of nitrogens with one attached hydrogen (secondary N) is 2. The van der Waals surface area contributed by atoms with Crippen LogP contribution < -0.4 is 11.1 Å². The molecule has 2 saturated heterocycles. The molecule has 2 unspecified atom stereocenters. The highest BCUT2D eigenvalue weighted by Crippen LogP contribution is 2.45. The topological polar surface area (TPSA) is 177 Å². The van der Waals surface area contributed by atoms with Crippen molar-refractivity contribution in [3.63, 3.8) is 0 Å². The molecule has 2 fully saturated rings. The Hall–Kier alpha value is -4.68. The summed E-state index contributed by atoms with van der Waals surface area (Å²) in [6, 6.07) is 3.41. The molecule has 4 aromatic heterocycles. The van der Waals surface area contributed by atoms with Gasteiger partial charge in [-0.25, -0.2) is 9.97 Å². The Morgan fingerprint density at radius 2 is 1.87 bits per heavy atom. The predicted octanol–water partition coefficient (Wildman–Crippen LogP) is 1.60. The Kier molecular flexibility index (Phi) is 5.62. The van der Waals surface area contributed by atoms with E-state index in [9.17, 15) is 14.4 Å². The number of nitrogens with two attached hydrogens (primary N) is 1.